The molecule has 4 heteroatoms. The molecular weight excluding hydrogens is 348 g/mol. The topological polar surface area (TPSA) is 51.1 Å². The summed E-state index contributed by atoms with van der Waals surface area (Å²) in [4.78, 5) is 24.8. The lowest BCUT2D eigenvalue weighted by Gasteiger charge is -2.11. The molecule has 28 heavy (non-hydrogen) atoms. The smallest absolute Gasteiger partial charge is 0.272 e. The highest BCUT2D eigenvalue weighted by atomic mass is 16.2. The number of fused-ring (bicyclic) bond motifs is 1. The van der Waals surface area contributed by atoms with Crippen LogP contribution < -0.4 is 5.32 Å². The van der Waals surface area contributed by atoms with Gasteiger partial charge < -0.3 is 9.88 Å². The Bertz CT molecular complexity index is 1070. The molecule has 0 unspecified atom stereocenters. The summed E-state index contributed by atoms with van der Waals surface area (Å²) in [5, 5.41) is 4.02. The van der Waals surface area contributed by atoms with E-state index in [2.05, 4.69) is 43.9 Å². The fraction of sp³-hybridized carbons (Fsp3) is 0.250. The van der Waals surface area contributed by atoms with Crippen LogP contribution in [0.3, 0.4) is 0 Å². The van der Waals surface area contributed by atoms with Crippen LogP contribution in [-0.2, 0) is 6.54 Å². The zero-order valence-corrected chi connectivity index (χ0v) is 16.9. The summed E-state index contributed by atoms with van der Waals surface area (Å²) in [5.74, 6) is 0.190. The molecule has 0 saturated carbocycles. The number of allylic oxidation sites excluding steroid dienone is 1. The SMILES string of the molecule is C=CCn1c(C(=O)Nc2cccc(C(C)=O)c2)c(C)c2cc(C(C)C)ccc21. The van der Waals surface area contributed by atoms with E-state index in [0.717, 1.165) is 16.5 Å². The average molecular weight is 374 g/mol. The van der Waals surface area contributed by atoms with Crippen molar-refractivity contribution >= 4 is 28.3 Å². The summed E-state index contributed by atoms with van der Waals surface area (Å²) >= 11 is 0. The monoisotopic (exact) mass is 374 g/mol. The van der Waals surface area contributed by atoms with Crippen LogP contribution >= 0.6 is 0 Å². The Morgan fingerprint density at radius 3 is 2.57 bits per heavy atom. The molecule has 0 aliphatic carbocycles. The number of anilines is 1. The number of ketones is 1. The van der Waals surface area contributed by atoms with Crippen LogP contribution in [0.15, 0.2) is 55.1 Å². The number of hydrogen-bond donors (Lipinski definition) is 1. The highest BCUT2D eigenvalue weighted by molar-refractivity contribution is 6.09. The van der Waals surface area contributed by atoms with Crippen LogP contribution in [0.1, 0.15) is 58.7 Å². The standard InChI is InChI=1S/C24H26N2O2/c1-6-12-26-22-11-10-18(15(2)3)14-21(22)16(4)23(26)24(28)25-20-9-7-8-19(13-20)17(5)27/h6-11,13-15H,1,12H2,2-5H3,(H,25,28). The Morgan fingerprint density at radius 1 is 1.18 bits per heavy atom. The van der Waals surface area contributed by atoms with Crippen molar-refractivity contribution in [1.82, 2.24) is 4.57 Å². The van der Waals surface area contributed by atoms with Crippen LogP contribution in [0.2, 0.25) is 0 Å². The van der Waals surface area contributed by atoms with Crippen molar-refractivity contribution in [2.45, 2.75) is 40.2 Å². The zero-order chi connectivity index (χ0) is 20.4. The van der Waals surface area contributed by atoms with Gasteiger partial charge in [-0.05, 0) is 55.2 Å². The number of hydrogen-bond acceptors (Lipinski definition) is 2. The Morgan fingerprint density at radius 2 is 1.93 bits per heavy atom. The van der Waals surface area contributed by atoms with Gasteiger partial charge in [-0.3, -0.25) is 9.59 Å². The van der Waals surface area contributed by atoms with Crippen LogP contribution in [0, 0.1) is 6.92 Å². The first-order chi connectivity index (χ1) is 13.3. The first-order valence-electron chi connectivity index (χ1n) is 9.49. The molecular formula is C24H26N2O2. The van der Waals surface area contributed by atoms with Gasteiger partial charge in [0.25, 0.3) is 5.91 Å². The summed E-state index contributed by atoms with van der Waals surface area (Å²) in [6.45, 7) is 12.2. The third kappa shape index (κ3) is 3.63. The second-order valence-electron chi connectivity index (χ2n) is 7.40. The molecule has 1 amide bonds. The van der Waals surface area contributed by atoms with E-state index in [9.17, 15) is 9.59 Å². The van der Waals surface area contributed by atoms with Crippen LogP contribution in [0.25, 0.3) is 10.9 Å². The van der Waals surface area contributed by atoms with Crippen LogP contribution in [0.4, 0.5) is 5.69 Å². The third-order valence-corrected chi connectivity index (χ3v) is 5.06. The molecule has 3 rings (SSSR count). The van der Waals surface area contributed by atoms with E-state index in [1.807, 2.05) is 11.5 Å². The minimum absolute atomic E-state index is 0.0331. The molecule has 1 aromatic heterocycles. The maximum absolute atomic E-state index is 13.1. The van der Waals surface area contributed by atoms with Gasteiger partial charge in [-0.2, -0.15) is 0 Å². The van der Waals surface area contributed by atoms with Crippen molar-refractivity contribution in [1.29, 1.82) is 0 Å². The molecule has 1 N–H and O–H groups in total. The van der Waals surface area contributed by atoms with E-state index in [4.69, 9.17) is 0 Å². The van der Waals surface area contributed by atoms with Crippen molar-refractivity contribution in [3.8, 4) is 0 Å². The summed E-state index contributed by atoms with van der Waals surface area (Å²) in [6, 6.07) is 13.4. The van der Waals surface area contributed by atoms with E-state index in [1.54, 1.807) is 30.3 Å². The second-order valence-corrected chi connectivity index (χ2v) is 7.40. The Hall–Kier alpha value is -3.14. The van der Waals surface area contributed by atoms with Gasteiger partial charge in [0, 0.05) is 28.7 Å². The molecule has 3 aromatic rings. The number of amides is 1. The Kier molecular flexibility index (Phi) is 5.50. The predicted octanol–water partition coefficient (Wildman–Crippen LogP) is 5.71. The maximum atomic E-state index is 13.1. The molecule has 144 valence electrons. The summed E-state index contributed by atoms with van der Waals surface area (Å²) in [6.07, 6.45) is 1.79. The van der Waals surface area contributed by atoms with Gasteiger partial charge in [-0.25, -0.2) is 0 Å². The summed E-state index contributed by atoms with van der Waals surface area (Å²) in [7, 11) is 0. The first kappa shape index (κ1) is 19.6. The second kappa shape index (κ2) is 7.85. The molecule has 0 aliphatic rings. The number of nitrogens with zero attached hydrogens (tertiary/aromatic N) is 1. The van der Waals surface area contributed by atoms with Gasteiger partial charge in [0.05, 0.1) is 0 Å². The number of rotatable bonds is 6. The van der Waals surface area contributed by atoms with E-state index >= 15 is 0 Å². The van der Waals surface area contributed by atoms with Gasteiger partial charge >= 0.3 is 0 Å². The van der Waals surface area contributed by atoms with E-state index in [0.29, 0.717) is 29.4 Å². The number of Topliss-reactive ketones (excluding diaryl/α,β-unsaturated/α-hetero) is 1. The minimum Gasteiger partial charge on any atom is -0.332 e. The number of aryl methyl sites for hydroxylation is 1. The zero-order valence-electron chi connectivity index (χ0n) is 16.9. The molecule has 1 heterocycles. The van der Waals surface area contributed by atoms with Gasteiger partial charge in [0.1, 0.15) is 5.69 Å². The molecule has 0 spiro atoms. The maximum Gasteiger partial charge on any atom is 0.272 e. The Balaban J connectivity index is 2.08. The lowest BCUT2D eigenvalue weighted by molar-refractivity contribution is 0.100. The normalized spacial score (nSPS) is 11.0. The Labute approximate surface area is 165 Å². The highest BCUT2D eigenvalue weighted by Gasteiger charge is 2.20. The van der Waals surface area contributed by atoms with Gasteiger partial charge in [-0.15, -0.1) is 6.58 Å². The average Bonchev–Trinajstić information content (AvgIpc) is 2.94. The highest BCUT2D eigenvalue weighted by Crippen LogP contribution is 2.30. The number of carbonyl (C=O) groups excluding carboxylic acids is 2. The number of aromatic nitrogens is 1. The molecule has 0 bridgehead atoms. The summed E-state index contributed by atoms with van der Waals surface area (Å²) in [5.41, 5.74) is 5.00. The van der Waals surface area contributed by atoms with E-state index < -0.39 is 0 Å². The summed E-state index contributed by atoms with van der Waals surface area (Å²) < 4.78 is 1.99. The minimum atomic E-state index is -0.192. The predicted molar refractivity (Wildman–Crippen MR) is 115 cm³/mol. The fourth-order valence-corrected chi connectivity index (χ4v) is 3.52. The third-order valence-electron chi connectivity index (χ3n) is 5.06. The van der Waals surface area contributed by atoms with Crippen molar-refractivity contribution in [3.05, 3.63) is 77.5 Å². The fourth-order valence-electron chi connectivity index (χ4n) is 3.52. The molecule has 0 atom stereocenters. The number of nitrogens with one attached hydrogen (secondary N) is 1. The van der Waals surface area contributed by atoms with Crippen molar-refractivity contribution in [3.63, 3.8) is 0 Å². The van der Waals surface area contributed by atoms with E-state index in [1.165, 1.54) is 12.5 Å². The van der Waals surface area contributed by atoms with Crippen molar-refractivity contribution in [2.24, 2.45) is 0 Å². The molecule has 0 fully saturated rings. The largest absolute Gasteiger partial charge is 0.332 e. The van der Waals surface area contributed by atoms with Crippen LogP contribution in [0.5, 0.6) is 0 Å². The van der Waals surface area contributed by atoms with Crippen molar-refractivity contribution < 1.29 is 9.59 Å². The molecule has 0 saturated heterocycles. The van der Waals surface area contributed by atoms with Crippen molar-refractivity contribution in [2.75, 3.05) is 5.32 Å². The van der Waals surface area contributed by atoms with E-state index in [-0.39, 0.29) is 11.7 Å². The number of benzene rings is 2. The number of carbonyl (C=O) groups is 2. The van der Waals surface area contributed by atoms with Gasteiger partial charge in [0.15, 0.2) is 5.78 Å². The first-order valence-corrected chi connectivity index (χ1v) is 9.49. The van der Waals surface area contributed by atoms with Gasteiger partial charge in [0.2, 0.25) is 0 Å². The quantitative estimate of drug-likeness (QED) is 0.443. The molecule has 2 aromatic carbocycles. The van der Waals surface area contributed by atoms with Gasteiger partial charge in [-0.1, -0.05) is 38.1 Å². The molecule has 0 radical (unpaired) electrons. The lowest BCUT2D eigenvalue weighted by Crippen LogP contribution is -2.18. The molecule has 4 nitrogen and oxygen atoms in total. The van der Waals surface area contributed by atoms with Crippen LogP contribution in [-0.4, -0.2) is 16.3 Å². The lowest BCUT2D eigenvalue weighted by atomic mass is 10.0. The molecule has 0 aliphatic heterocycles.